The highest BCUT2D eigenvalue weighted by Crippen LogP contribution is 2.03. The summed E-state index contributed by atoms with van der Waals surface area (Å²) in [5.74, 6) is -0.741. The van der Waals surface area contributed by atoms with Gasteiger partial charge in [-0.3, -0.25) is 0 Å². The number of ether oxygens (including phenoxy) is 2. The van der Waals surface area contributed by atoms with Gasteiger partial charge in [0.05, 0.1) is 24.3 Å². The molecule has 0 atom stereocenters. The highest BCUT2D eigenvalue weighted by atomic mass is 16.5. The molecule has 0 fully saturated rings. The van der Waals surface area contributed by atoms with E-state index in [-0.39, 0.29) is 25.2 Å². The summed E-state index contributed by atoms with van der Waals surface area (Å²) in [6, 6.07) is 17.5. The second-order valence-electron chi connectivity index (χ2n) is 4.36. The number of carbonyl (C=O) groups is 2. The van der Waals surface area contributed by atoms with Gasteiger partial charge in [0, 0.05) is 6.42 Å². The Hall–Kier alpha value is -2.62. The summed E-state index contributed by atoms with van der Waals surface area (Å²) in [5.41, 5.74) is 1.03. The summed E-state index contributed by atoms with van der Waals surface area (Å²) in [6.07, 6.45) is 0.469. The van der Waals surface area contributed by atoms with Gasteiger partial charge in [0.25, 0.3) is 0 Å². The Balaban J connectivity index is 0.00000134. The van der Waals surface area contributed by atoms with Crippen molar-refractivity contribution in [1.29, 1.82) is 0 Å². The lowest BCUT2D eigenvalue weighted by molar-refractivity contribution is 0.0396. The van der Waals surface area contributed by atoms with Crippen molar-refractivity contribution >= 4 is 11.9 Å². The van der Waals surface area contributed by atoms with Crippen molar-refractivity contribution < 1.29 is 19.1 Å². The molecule has 0 aromatic heterocycles. The van der Waals surface area contributed by atoms with E-state index in [0.29, 0.717) is 17.5 Å². The third-order valence-electron chi connectivity index (χ3n) is 2.77. The molecule has 0 radical (unpaired) electrons. The third-order valence-corrected chi connectivity index (χ3v) is 2.77. The number of hydrogen-bond acceptors (Lipinski definition) is 4. The lowest BCUT2D eigenvalue weighted by Gasteiger charge is -2.06. The maximum absolute atomic E-state index is 11.6. The topological polar surface area (TPSA) is 52.6 Å². The van der Waals surface area contributed by atoms with Crippen LogP contribution in [0.15, 0.2) is 60.7 Å². The van der Waals surface area contributed by atoms with Crippen LogP contribution in [0.25, 0.3) is 0 Å². The fraction of sp³-hybridized carbons (Fsp3) is 0.333. The van der Waals surface area contributed by atoms with Crippen LogP contribution in [-0.2, 0) is 9.47 Å². The van der Waals surface area contributed by atoms with Crippen molar-refractivity contribution in [3.05, 3.63) is 71.8 Å². The van der Waals surface area contributed by atoms with Crippen LogP contribution in [-0.4, -0.2) is 25.2 Å². The second-order valence-corrected chi connectivity index (χ2v) is 4.36. The van der Waals surface area contributed by atoms with Gasteiger partial charge in [-0.15, -0.1) is 0 Å². The van der Waals surface area contributed by atoms with Crippen LogP contribution in [0.5, 0.6) is 0 Å². The average molecular weight is 344 g/mol. The first kappa shape index (κ1) is 22.4. The van der Waals surface area contributed by atoms with Crippen molar-refractivity contribution in [2.24, 2.45) is 0 Å². The Morgan fingerprint density at radius 3 is 1.28 bits per heavy atom. The largest absolute Gasteiger partial charge is 0.462 e. The minimum atomic E-state index is -0.370. The molecule has 0 bridgehead atoms. The standard InChI is InChI=1S/C17H16O4.2C2H6/c18-16(14-8-3-1-4-9-14)20-12-7-13-21-17(19)15-10-5-2-6-11-15;2*1-2/h1-6,8-11H,7,12-13H2;2*1-2H3. The number of rotatable bonds is 6. The Kier molecular flexibility index (Phi) is 13.4. The SMILES string of the molecule is CC.CC.O=C(OCCCOC(=O)c1ccccc1)c1ccccc1. The smallest absolute Gasteiger partial charge is 0.338 e. The van der Waals surface area contributed by atoms with Gasteiger partial charge < -0.3 is 9.47 Å². The van der Waals surface area contributed by atoms with Gasteiger partial charge in [0.1, 0.15) is 0 Å². The zero-order valence-corrected chi connectivity index (χ0v) is 15.5. The van der Waals surface area contributed by atoms with Crippen molar-refractivity contribution in [3.63, 3.8) is 0 Å². The van der Waals surface area contributed by atoms with E-state index >= 15 is 0 Å². The number of esters is 2. The summed E-state index contributed by atoms with van der Waals surface area (Å²) < 4.78 is 10.2. The molecule has 0 heterocycles. The fourth-order valence-corrected chi connectivity index (χ4v) is 1.70. The van der Waals surface area contributed by atoms with Crippen LogP contribution in [0.2, 0.25) is 0 Å². The second kappa shape index (κ2) is 14.9. The molecule has 0 spiro atoms. The molecule has 2 aromatic rings. The van der Waals surface area contributed by atoms with Gasteiger partial charge >= 0.3 is 11.9 Å². The van der Waals surface area contributed by atoms with Crippen molar-refractivity contribution in [1.82, 2.24) is 0 Å². The molecule has 0 aliphatic heterocycles. The maximum atomic E-state index is 11.6. The Bertz CT molecular complexity index is 526. The van der Waals surface area contributed by atoms with Gasteiger partial charge in [-0.25, -0.2) is 9.59 Å². The molecule has 25 heavy (non-hydrogen) atoms. The van der Waals surface area contributed by atoms with E-state index in [9.17, 15) is 9.59 Å². The van der Waals surface area contributed by atoms with Crippen molar-refractivity contribution in [3.8, 4) is 0 Å². The zero-order chi connectivity index (χ0) is 18.9. The Morgan fingerprint density at radius 1 is 0.640 bits per heavy atom. The first-order valence-electron chi connectivity index (χ1n) is 8.72. The molecule has 0 N–H and O–H groups in total. The predicted octanol–water partition coefficient (Wildman–Crippen LogP) is 5.14. The van der Waals surface area contributed by atoms with E-state index < -0.39 is 0 Å². The molecule has 0 aliphatic carbocycles. The normalized spacial score (nSPS) is 8.80. The lowest BCUT2D eigenvalue weighted by atomic mass is 10.2. The highest BCUT2D eigenvalue weighted by Gasteiger charge is 2.07. The van der Waals surface area contributed by atoms with Gasteiger partial charge in [-0.05, 0) is 24.3 Å². The van der Waals surface area contributed by atoms with Crippen LogP contribution in [0.3, 0.4) is 0 Å². The van der Waals surface area contributed by atoms with Crippen LogP contribution >= 0.6 is 0 Å². The zero-order valence-electron chi connectivity index (χ0n) is 15.5. The molecule has 0 saturated heterocycles. The minimum absolute atomic E-state index is 0.218. The minimum Gasteiger partial charge on any atom is -0.462 e. The Labute approximate surface area is 150 Å². The number of carbonyl (C=O) groups excluding carboxylic acids is 2. The Morgan fingerprint density at radius 2 is 0.960 bits per heavy atom. The molecule has 0 aliphatic rings. The van der Waals surface area contributed by atoms with Crippen LogP contribution < -0.4 is 0 Å². The van der Waals surface area contributed by atoms with Gasteiger partial charge in [0.15, 0.2) is 0 Å². The van der Waals surface area contributed by atoms with Gasteiger partial charge in [-0.1, -0.05) is 64.1 Å². The average Bonchev–Trinajstić information content (AvgIpc) is 2.71. The molecule has 0 unspecified atom stereocenters. The molecular weight excluding hydrogens is 316 g/mol. The summed E-state index contributed by atoms with van der Waals surface area (Å²) >= 11 is 0. The molecule has 136 valence electrons. The van der Waals surface area contributed by atoms with E-state index in [0.717, 1.165) is 0 Å². The molecule has 0 amide bonds. The molecule has 4 nitrogen and oxygen atoms in total. The van der Waals surface area contributed by atoms with E-state index in [1.54, 1.807) is 48.5 Å². The van der Waals surface area contributed by atoms with Crippen LogP contribution in [0, 0.1) is 0 Å². The van der Waals surface area contributed by atoms with E-state index in [2.05, 4.69) is 0 Å². The third kappa shape index (κ3) is 9.30. The molecular formula is C21H28O4. The monoisotopic (exact) mass is 344 g/mol. The van der Waals surface area contributed by atoms with E-state index in [1.165, 1.54) is 0 Å². The number of hydrogen-bond donors (Lipinski definition) is 0. The van der Waals surface area contributed by atoms with E-state index in [1.807, 2.05) is 39.8 Å². The lowest BCUT2D eigenvalue weighted by Crippen LogP contribution is -2.11. The van der Waals surface area contributed by atoms with Crippen LogP contribution in [0.4, 0.5) is 0 Å². The van der Waals surface area contributed by atoms with Crippen molar-refractivity contribution in [2.75, 3.05) is 13.2 Å². The van der Waals surface area contributed by atoms with Gasteiger partial charge in [0.2, 0.25) is 0 Å². The van der Waals surface area contributed by atoms with Crippen LogP contribution in [0.1, 0.15) is 54.8 Å². The quantitative estimate of drug-likeness (QED) is 0.537. The molecule has 4 heteroatoms. The summed E-state index contributed by atoms with van der Waals surface area (Å²) in [6.45, 7) is 8.44. The maximum Gasteiger partial charge on any atom is 0.338 e. The molecule has 0 saturated carbocycles. The summed E-state index contributed by atoms with van der Waals surface area (Å²) in [5, 5.41) is 0. The molecule has 2 rings (SSSR count). The first-order valence-corrected chi connectivity index (χ1v) is 8.72. The highest BCUT2D eigenvalue weighted by molar-refractivity contribution is 5.89. The summed E-state index contributed by atoms with van der Waals surface area (Å²) in [7, 11) is 0. The molecule has 2 aromatic carbocycles. The van der Waals surface area contributed by atoms with Crippen molar-refractivity contribution in [2.45, 2.75) is 34.1 Å². The van der Waals surface area contributed by atoms with E-state index in [4.69, 9.17) is 9.47 Å². The number of benzene rings is 2. The predicted molar refractivity (Wildman–Crippen MR) is 101 cm³/mol. The van der Waals surface area contributed by atoms with Gasteiger partial charge in [-0.2, -0.15) is 0 Å². The fourth-order valence-electron chi connectivity index (χ4n) is 1.70. The summed E-state index contributed by atoms with van der Waals surface area (Å²) in [4.78, 5) is 23.3. The first-order chi connectivity index (χ1) is 12.3.